The molecule has 4 heterocycles. The van der Waals surface area contributed by atoms with Gasteiger partial charge in [-0.25, -0.2) is 9.80 Å². The second-order valence-corrected chi connectivity index (χ2v) is 33.2. The van der Waals surface area contributed by atoms with Crippen LogP contribution in [0, 0.1) is 27.7 Å². The maximum Gasteiger partial charge on any atom is 0.266 e. The molecule has 0 saturated heterocycles. The summed E-state index contributed by atoms with van der Waals surface area (Å²) in [5.41, 5.74) is 6.78. The van der Waals surface area contributed by atoms with Crippen LogP contribution in [0.25, 0.3) is 118 Å². The fourth-order valence-electron chi connectivity index (χ4n) is 21.1. The van der Waals surface area contributed by atoms with Gasteiger partial charge in [0, 0.05) is 78.1 Å². The van der Waals surface area contributed by atoms with E-state index in [4.69, 9.17) is 0 Å². The molecule has 0 aromatic heterocycles. The molecule has 0 bridgehead atoms. The molecule has 566 valence electrons. The van der Waals surface area contributed by atoms with Crippen LogP contribution in [0.3, 0.4) is 0 Å². The number of nitrogens with zero attached hydrogens (tertiary/aromatic N) is 4. The van der Waals surface area contributed by atoms with Crippen LogP contribution in [0.2, 0.25) is 0 Å². The average Bonchev–Trinajstić information content (AvgIpc) is 0.675. The summed E-state index contributed by atoms with van der Waals surface area (Å²) in [5.74, 6) is -2.82. The lowest BCUT2D eigenvalue weighted by molar-refractivity contribution is 0.0501. The Bertz CT molecular complexity index is 6030. The van der Waals surface area contributed by atoms with Crippen LogP contribution in [0.15, 0.2) is 121 Å². The van der Waals surface area contributed by atoms with E-state index in [2.05, 4.69) is 64.1 Å². The fourth-order valence-corrected chi connectivity index (χ4v) is 21.1. The maximum absolute atomic E-state index is 15.7. The van der Waals surface area contributed by atoms with Gasteiger partial charge in [0.05, 0.1) is 11.4 Å². The van der Waals surface area contributed by atoms with Crippen molar-refractivity contribution in [3.63, 3.8) is 0 Å². The van der Waals surface area contributed by atoms with E-state index in [0.29, 0.717) is 94.3 Å². The number of hydrogen-bond donors (Lipinski definition) is 0. The van der Waals surface area contributed by atoms with Crippen molar-refractivity contribution in [2.75, 3.05) is 9.80 Å². The summed E-state index contributed by atoms with van der Waals surface area (Å²) in [6.07, 6.45) is 28.1. The van der Waals surface area contributed by atoms with E-state index in [0.717, 1.165) is 205 Å². The zero-order valence-electron chi connectivity index (χ0n) is 66.1. The normalized spacial score (nSPS) is 14.7. The molecule has 0 saturated carbocycles. The Hall–Kier alpha value is -10.7. The third-order valence-corrected chi connectivity index (χ3v) is 26.9. The molecule has 4 aliphatic rings. The summed E-state index contributed by atoms with van der Waals surface area (Å²) in [5, 5.41) is 19.0. The van der Waals surface area contributed by atoms with Gasteiger partial charge in [0.25, 0.3) is 47.3 Å². The number of carbonyl (C=O) groups is 8. The van der Waals surface area contributed by atoms with Gasteiger partial charge in [-0.05, 0) is 221 Å². The van der Waals surface area contributed by atoms with Crippen LogP contribution in [0.1, 0.15) is 300 Å². The van der Waals surface area contributed by atoms with E-state index in [1.165, 1.54) is 74.0 Å². The van der Waals surface area contributed by atoms with Crippen LogP contribution in [0.5, 0.6) is 0 Å². The lowest BCUT2D eigenvalue weighted by atomic mass is 9.80. The van der Waals surface area contributed by atoms with Gasteiger partial charge in [-0.15, -0.1) is 0 Å². The van der Waals surface area contributed by atoms with E-state index in [1.54, 1.807) is 21.9 Å². The van der Waals surface area contributed by atoms with Gasteiger partial charge in [0.1, 0.15) is 0 Å². The molecule has 0 unspecified atom stereocenters. The Kier molecular flexibility index (Phi) is 18.7. The van der Waals surface area contributed by atoms with Crippen molar-refractivity contribution < 1.29 is 38.4 Å². The van der Waals surface area contributed by atoms with Crippen molar-refractivity contribution >= 4 is 177 Å². The van der Waals surface area contributed by atoms with Crippen molar-refractivity contribution in [1.82, 2.24) is 9.80 Å². The molecular formula is C100H98N4O8. The summed E-state index contributed by atoms with van der Waals surface area (Å²) in [6.45, 7) is 16.3. The highest BCUT2D eigenvalue weighted by atomic mass is 16.2. The molecule has 12 heteroatoms. The first-order valence-corrected chi connectivity index (χ1v) is 42.2. The summed E-state index contributed by atoms with van der Waals surface area (Å²) < 4.78 is 0. The average molecular weight is 1480 g/mol. The number of benzene rings is 14. The van der Waals surface area contributed by atoms with Crippen molar-refractivity contribution in [2.24, 2.45) is 0 Å². The van der Waals surface area contributed by atoms with Crippen LogP contribution >= 0.6 is 0 Å². The van der Waals surface area contributed by atoms with Gasteiger partial charge >= 0.3 is 0 Å². The largest absolute Gasteiger partial charge is 0.271 e. The van der Waals surface area contributed by atoms with Crippen molar-refractivity contribution in [3.8, 4) is 0 Å². The van der Waals surface area contributed by atoms with E-state index < -0.39 is 23.6 Å². The third-order valence-electron chi connectivity index (χ3n) is 26.9. The van der Waals surface area contributed by atoms with Gasteiger partial charge in [0.15, 0.2) is 0 Å². The molecule has 0 atom stereocenters. The minimum atomic E-state index is -0.496. The van der Waals surface area contributed by atoms with Crippen molar-refractivity contribution in [1.29, 1.82) is 0 Å². The molecule has 0 N–H and O–H groups in total. The minimum Gasteiger partial charge on any atom is -0.271 e. The first-order valence-electron chi connectivity index (χ1n) is 42.2. The van der Waals surface area contributed by atoms with Crippen LogP contribution in [-0.2, 0) is 0 Å². The fraction of sp³-hybridized carbons (Fsp3) is 0.360. The number of fused-ring (bicyclic) bond motifs is 6. The number of hydrogen-bond acceptors (Lipinski definition) is 8. The number of imide groups is 4. The molecule has 0 fully saturated rings. The predicted molar refractivity (Wildman–Crippen MR) is 458 cm³/mol. The second kappa shape index (κ2) is 28.8. The Balaban J connectivity index is 0.663. The molecule has 0 spiro atoms. The number of carbonyl (C=O) groups excluding carboxylic acids is 8. The summed E-state index contributed by atoms with van der Waals surface area (Å²) in [7, 11) is 0. The van der Waals surface area contributed by atoms with Crippen LogP contribution in [0.4, 0.5) is 11.4 Å². The highest BCUT2D eigenvalue weighted by molar-refractivity contribution is 6.48. The topological polar surface area (TPSA) is 150 Å². The molecule has 14 aromatic carbocycles. The molecule has 14 aromatic rings. The summed E-state index contributed by atoms with van der Waals surface area (Å²) in [4.78, 5) is 128. The molecule has 18 rings (SSSR count). The van der Waals surface area contributed by atoms with E-state index in [-0.39, 0.29) is 35.7 Å². The number of amides is 8. The third kappa shape index (κ3) is 10.9. The molecule has 0 aliphatic carbocycles. The molecule has 8 amide bonds. The minimum absolute atomic E-state index is 0.161. The molecule has 12 nitrogen and oxygen atoms in total. The lowest BCUT2D eigenvalue weighted by Gasteiger charge is -2.35. The second-order valence-electron chi connectivity index (χ2n) is 33.2. The maximum atomic E-state index is 15.7. The van der Waals surface area contributed by atoms with Gasteiger partial charge in [0.2, 0.25) is 0 Å². The number of unbranched alkanes of at least 4 members (excludes halogenated alkanes) is 18. The first-order chi connectivity index (χ1) is 54.6. The Morgan fingerprint density at radius 2 is 0.366 bits per heavy atom. The van der Waals surface area contributed by atoms with E-state index in [9.17, 15) is 9.59 Å². The first kappa shape index (κ1) is 72.8. The number of anilines is 2. The SMILES string of the molecule is CCCCCCCCCC(CCCCCCCCC)N1C(=O)c2ccc3c4ccc5c6ccc7c8c(ccc(c9ccc(c%10ccc(c2c3%10)C1=O)c4c59)c86)C(=O)N(c1c(C)c(C)c(N2C(=O)c3ccc4c5ccc6c8c(ccc(c9ccc(c3c49)C2=O)c85)C(=O)N(C(CCCCCC)CCCCCC)C6=O)c(C)c1C)C7=O. The Morgan fingerprint density at radius 1 is 0.205 bits per heavy atom. The van der Waals surface area contributed by atoms with Crippen molar-refractivity contribution in [3.05, 3.63) is 188 Å². The van der Waals surface area contributed by atoms with E-state index in [1.807, 2.05) is 100 Å². The van der Waals surface area contributed by atoms with E-state index >= 15 is 28.8 Å². The van der Waals surface area contributed by atoms with Gasteiger partial charge in [-0.3, -0.25) is 48.2 Å². The highest BCUT2D eigenvalue weighted by Crippen LogP contribution is 2.54. The molecule has 112 heavy (non-hydrogen) atoms. The molecular weight excluding hydrogens is 1390 g/mol. The summed E-state index contributed by atoms with van der Waals surface area (Å²) >= 11 is 0. The van der Waals surface area contributed by atoms with Gasteiger partial charge in [-0.2, -0.15) is 0 Å². The molecule has 0 radical (unpaired) electrons. The zero-order valence-corrected chi connectivity index (χ0v) is 66.1. The van der Waals surface area contributed by atoms with Gasteiger partial charge < -0.3 is 0 Å². The highest BCUT2D eigenvalue weighted by Gasteiger charge is 2.45. The summed E-state index contributed by atoms with van der Waals surface area (Å²) in [6, 6.07) is 39.3. The predicted octanol–water partition coefficient (Wildman–Crippen LogP) is 25.7. The Labute approximate surface area is 653 Å². The zero-order chi connectivity index (χ0) is 77.4. The van der Waals surface area contributed by atoms with Crippen LogP contribution < -0.4 is 9.80 Å². The standard InChI is InChI=1S/C100H98N4O8/c1-9-13-17-21-23-25-29-33-60(34-30-26-24-22-18-14-10-2)102-95(107)73-47-39-65-61-35-37-63-67-43-51-77-89-78(52-44-68(85(67)89)64-38-36-62(81(61)82(63)64)66-40-48-74(96(102)108)87(73)83(65)66)98(110)103(97(77)109)91-55(5)57(7)92(58(8)56(91)6)104-99(111)79-53-45-71-69-41-49-75-88-76(50-42-70(84(69)88)72-46-54-80(100(104)112)90(79)86(71)72)94(106)101(93(75)105)59(31-27-19-15-11-3)32-28-20-16-12-4/h35-54,59-60H,9-34H2,1-8H3. The quantitative estimate of drug-likeness (QED) is 0.0187. The smallest absolute Gasteiger partial charge is 0.266 e. The Morgan fingerprint density at radius 3 is 0.571 bits per heavy atom. The molecule has 4 aliphatic heterocycles. The monoisotopic (exact) mass is 1480 g/mol. The van der Waals surface area contributed by atoms with Crippen molar-refractivity contribution in [2.45, 2.75) is 234 Å². The van der Waals surface area contributed by atoms with Crippen LogP contribution in [-0.4, -0.2) is 69.1 Å². The van der Waals surface area contributed by atoms with Gasteiger partial charge in [-0.1, -0.05) is 242 Å². The number of rotatable bonds is 30. The lowest BCUT2D eigenvalue weighted by Crippen LogP contribution is -2.47.